The third kappa shape index (κ3) is 6.16. The molecule has 5 nitrogen and oxygen atoms in total. The van der Waals surface area contributed by atoms with Gasteiger partial charge in [-0.15, -0.1) is 0 Å². The molecular formula is C27H22F6N2O3. The van der Waals surface area contributed by atoms with Gasteiger partial charge in [-0.25, -0.2) is 0 Å². The fraction of sp³-hybridized carbons (Fsp3) is 0.259. The van der Waals surface area contributed by atoms with Crippen molar-refractivity contribution in [3.05, 3.63) is 89.0 Å². The van der Waals surface area contributed by atoms with Gasteiger partial charge in [0, 0.05) is 24.7 Å². The molecule has 0 spiro atoms. The number of alkyl halides is 6. The monoisotopic (exact) mass is 536 g/mol. The summed E-state index contributed by atoms with van der Waals surface area (Å²) in [4.78, 5) is 27.2. The highest BCUT2D eigenvalue weighted by Gasteiger charge is 2.42. The molecule has 0 aliphatic carbocycles. The first-order valence-corrected chi connectivity index (χ1v) is 11.6. The number of hydrogen-bond donors (Lipinski definition) is 1. The van der Waals surface area contributed by atoms with Crippen LogP contribution in [0.2, 0.25) is 0 Å². The van der Waals surface area contributed by atoms with Gasteiger partial charge < -0.3 is 15.0 Å². The smallest absolute Gasteiger partial charge is 0.378 e. The highest BCUT2D eigenvalue weighted by Crippen LogP contribution is 2.36. The lowest BCUT2D eigenvalue weighted by atomic mass is 9.98. The van der Waals surface area contributed by atoms with Gasteiger partial charge in [0.1, 0.15) is 0 Å². The second kappa shape index (κ2) is 10.9. The van der Waals surface area contributed by atoms with Crippen LogP contribution in [-0.4, -0.2) is 49.2 Å². The Hall–Kier alpha value is -3.86. The van der Waals surface area contributed by atoms with Crippen molar-refractivity contribution in [2.75, 3.05) is 26.3 Å². The summed E-state index contributed by atoms with van der Waals surface area (Å²) in [5, 5.41) is 2.95. The van der Waals surface area contributed by atoms with E-state index in [-0.39, 0.29) is 5.91 Å². The lowest BCUT2D eigenvalue weighted by molar-refractivity contribution is -0.162. The Labute approximate surface area is 213 Å². The number of rotatable bonds is 5. The van der Waals surface area contributed by atoms with Crippen LogP contribution >= 0.6 is 0 Å². The number of carbonyl (C=O) groups excluding carboxylic acids is 2. The fourth-order valence-corrected chi connectivity index (χ4v) is 4.20. The van der Waals surface area contributed by atoms with Crippen LogP contribution in [0, 0.1) is 0 Å². The zero-order valence-electron chi connectivity index (χ0n) is 19.8. The summed E-state index contributed by atoms with van der Waals surface area (Å²) in [6.07, 6.45) is -7.72. The average molecular weight is 536 g/mol. The van der Waals surface area contributed by atoms with E-state index in [1.54, 1.807) is 46.6 Å². The fourth-order valence-electron chi connectivity index (χ4n) is 4.20. The number of benzene rings is 3. The number of nitrogens with zero attached hydrogens (tertiary/aromatic N) is 1. The number of ether oxygens (including phenoxy) is 1. The molecule has 2 amide bonds. The maximum Gasteiger partial charge on any atom is 0.416 e. The Morgan fingerprint density at radius 3 is 2.24 bits per heavy atom. The number of nitrogens with one attached hydrogen (secondary N) is 1. The van der Waals surface area contributed by atoms with Crippen LogP contribution < -0.4 is 5.32 Å². The van der Waals surface area contributed by atoms with Gasteiger partial charge in [-0.2, -0.15) is 26.3 Å². The molecule has 0 saturated carbocycles. The Kier molecular flexibility index (Phi) is 7.77. The molecule has 1 N–H and O–H groups in total. The molecule has 1 heterocycles. The molecule has 38 heavy (non-hydrogen) atoms. The van der Waals surface area contributed by atoms with E-state index in [0.29, 0.717) is 60.3 Å². The van der Waals surface area contributed by atoms with E-state index in [2.05, 4.69) is 0 Å². The summed E-state index contributed by atoms with van der Waals surface area (Å²) >= 11 is 0. The Balaban J connectivity index is 1.58. The van der Waals surface area contributed by atoms with Gasteiger partial charge in [-0.3, -0.25) is 9.59 Å². The van der Waals surface area contributed by atoms with E-state index in [0.717, 1.165) is 18.2 Å². The first-order chi connectivity index (χ1) is 17.9. The Morgan fingerprint density at radius 1 is 0.895 bits per heavy atom. The van der Waals surface area contributed by atoms with Gasteiger partial charge in [0.15, 0.2) is 6.04 Å². The topological polar surface area (TPSA) is 58.6 Å². The van der Waals surface area contributed by atoms with Crippen molar-refractivity contribution in [1.82, 2.24) is 10.2 Å². The molecule has 1 unspecified atom stereocenters. The summed E-state index contributed by atoms with van der Waals surface area (Å²) < 4.78 is 85.3. The van der Waals surface area contributed by atoms with Gasteiger partial charge in [0.25, 0.3) is 5.91 Å². The van der Waals surface area contributed by atoms with Crippen molar-refractivity contribution >= 4 is 28.7 Å². The molecule has 200 valence electrons. The van der Waals surface area contributed by atoms with E-state index in [4.69, 9.17) is 4.74 Å². The average Bonchev–Trinajstić information content (AvgIpc) is 2.89. The molecule has 1 saturated heterocycles. The molecule has 4 rings (SSSR count). The maximum absolute atomic E-state index is 13.7. The van der Waals surface area contributed by atoms with Crippen molar-refractivity contribution in [2.24, 2.45) is 0 Å². The van der Waals surface area contributed by atoms with Crippen molar-refractivity contribution in [3.63, 3.8) is 0 Å². The van der Waals surface area contributed by atoms with E-state index >= 15 is 0 Å². The number of hydrogen-bond acceptors (Lipinski definition) is 3. The minimum atomic E-state index is -5.04. The third-order valence-electron chi connectivity index (χ3n) is 6.06. The molecule has 0 bridgehead atoms. The lowest BCUT2D eigenvalue weighted by Crippen LogP contribution is -2.40. The summed E-state index contributed by atoms with van der Waals surface area (Å²) in [5.74, 6) is -1.34. The highest BCUT2D eigenvalue weighted by atomic mass is 19.4. The molecule has 1 fully saturated rings. The van der Waals surface area contributed by atoms with Crippen LogP contribution in [0.15, 0.2) is 66.7 Å². The minimum Gasteiger partial charge on any atom is -0.378 e. The Morgan fingerprint density at radius 2 is 1.58 bits per heavy atom. The first-order valence-electron chi connectivity index (χ1n) is 11.6. The normalized spacial score (nSPS) is 15.6. The minimum absolute atomic E-state index is 0.188. The quantitative estimate of drug-likeness (QED) is 0.333. The van der Waals surface area contributed by atoms with E-state index in [9.17, 15) is 35.9 Å². The maximum atomic E-state index is 13.7. The standard InChI is InChI=1S/C27H22F6N2O3/c28-26(29,30)19-5-3-4-18(16-19)24(27(31,32)33)34-23(36)11-9-17-8-10-22(21-7-2-1-6-20(17)21)25(37)35-12-14-38-15-13-35/h1-11,16,24H,12-15H2,(H,34,36)/b11-9+. The van der Waals surface area contributed by atoms with Gasteiger partial charge in [0.05, 0.1) is 18.8 Å². The first kappa shape index (κ1) is 27.2. The van der Waals surface area contributed by atoms with Gasteiger partial charge >= 0.3 is 12.4 Å². The number of amides is 2. The Bertz CT molecular complexity index is 1360. The summed E-state index contributed by atoms with van der Waals surface area (Å²) in [7, 11) is 0. The second-order valence-corrected chi connectivity index (χ2v) is 8.59. The molecule has 0 radical (unpaired) electrons. The van der Waals surface area contributed by atoms with Gasteiger partial charge in [-0.1, -0.05) is 42.5 Å². The second-order valence-electron chi connectivity index (χ2n) is 8.59. The van der Waals surface area contributed by atoms with Crippen LogP contribution in [0.5, 0.6) is 0 Å². The predicted molar refractivity (Wildman–Crippen MR) is 128 cm³/mol. The highest BCUT2D eigenvalue weighted by molar-refractivity contribution is 6.09. The van der Waals surface area contributed by atoms with Crippen molar-refractivity contribution in [2.45, 2.75) is 18.4 Å². The number of morpholine rings is 1. The SMILES string of the molecule is O=C(/C=C/c1ccc(C(=O)N2CCOCC2)c2ccccc12)NC(c1cccc(C(F)(F)F)c1)C(F)(F)F. The number of fused-ring (bicyclic) bond motifs is 1. The van der Waals surface area contributed by atoms with Crippen LogP contribution in [-0.2, 0) is 15.7 Å². The largest absolute Gasteiger partial charge is 0.416 e. The van der Waals surface area contributed by atoms with Crippen LogP contribution in [0.1, 0.15) is 33.1 Å². The van der Waals surface area contributed by atoms with Crippen LogP contribution in [0.4, 0.5) is 26.3 Å². The number of halogens is 6. The van der Waals surface area contributed by atoms with Crippen LogP contribution in [0.25, 0.3) is 16.8 Å². The van der Waals surface area contributed by atoms with Crippen LogP contribution in [0.3, 0.4) is 0 Å². The zero-order chi connectivity index (χ0) is 27.5. The molecule has 11 heteroatoms. The van der Waals surface area contributed by atoms with E-state index < -0.39 is 35.4 Å². The van der Waals surface area contributed by atoms with Crippen molar-refractivity contribution in [3.8, 4) is 0 Å². The molecule has 3 aromatic rings. The molecule has 1 aliphatic rings. The summed E-state index contributed by atoms with van der Waals surface area (Å²) in [6.45, 7) is 1.75. The molecular weight excluding hydrogens is 514 g/mol. The lowest BCUT2D eigenvalue weighted by Gasteiger charge is -2.27. The third-order valence-corrected chi connectivity index (χ3v) is 6.06. The summed E-state index contributed by atoms with van der Waals surface area (Å²) in [6, 6.07) is 10.1. The van der Waals surface area contributed by atoms with Crippen molar-refractivity contribution in [1.29, 1.82) is 0 Å². The molecule has 3 aromatic carbocycles. The zero-order valence-corrected chi connectivity index (χ0v) is 19.8. The van der Waals surface area contributed by atoms with Gasteiger partial charge in [-0.05, 0) is 46.2 Å². The molecule has 1 aliphatic heterocycles. The van der Waals surface area contributed by atoms with Crippen molar-refractivity contribution < 1.29 is 40.7 Å². The van der Waals surface area contributed by atoms with E-state index in [1.807, 2.05) is 0 Å². The van der Waals surface area contributed by atoms with Gasteiger partial charge in [0.2, 0.25) is 5.91 Å². The predicted octanol–water partition coefficient (Wildman–Crippen LogP) is 5.76. The number of carbonyl (C=O) groups is 2. The summed E-state index contributed by atoms with van der Waals surface area (Å²) in [5.41, 5.74) is -1.10. The van der Waals surface area contributed by atoms with E-state index in [1.165, 1.54) is 6.08 Å². The molecule has 1 atom stereocenters. The molecule has 0 aromatic heterocycles.